The molecule has 2 rings (SSSR count). The number of anilines is 1. The van der Waals surface area contributed by atoms with E-state index in [4.69, 9.17) is 4.74 Å². The molecule has 1 amide bonds. The summed E-state index contributed by atoms with van der Waals surface area (Å²) in [6.45, 7) is 0.000380. The van der Waals surface area contributed by atoms with E-state index >= 15 is 0 Å². The Morgan fingerprint density at radius 2 is 1.75 bits per heavy atom. The second-order valence-corrected chi connectivity index (χ2v) is 7.25. The predicted octanol–water partition coefficient (Wildman–Crippen LogP) is 3.60. The number of ether oxygens (including phenoxy) is 2. The maximum Gasteiger partial charge on any atom is 0.387 e. The Kier molecular flexibility index (Phi) is 7.62. The number of carbonyl (C=O) groups is 2. The molecule has 0 fully saturated rings. The smallest absolute Gasteiger partial charge is 0.387 e. The van der Waals surface area contributed by atoms with Gasteiger partial charge < -0.3 is 14.8 Å². The molecule has 0 radical (unpaired) electrons. The Balaban J connectivity index is 2.10. The molecule has 6 nitrogen and oxygen atoms in total. The van der Waals surface area contributed by atoms with Crippen molar-refractivity contribution in [2.45, 2.75) is 31.5 Å². The van der Waals surface area contributed by atoms with Crippen molar-refractivity contribution in [3.05, 3.63) is 54.1 Å². The summed E-state index contributed by atoms with van der Waals surface area (Å²) in [5.41, 5.74) is 0.118. The molecule has 0 saturated heterocycles. The zero-order chi connectivity index (χ0) is 20.7. The van der Waals surface area contributed by atoms with Crippen LogP contribution in [0.15, 0.2) is 53.4 Å². The van der Waals surface area contributed by atoms with Crippen molar-refractivity contribution in [1.82, 2.24) is 0 Å². The summed E-state index contributed by atoms with van der Waals surface area (Å²) in [5, 5.41) is 2.39. The number of carbonyl (C=O) groups excluding carboxylic acids is 2. The van der Waals surface area contributed by atoms with Crippen LogP contribution in [0.25, 0.3) is 0 Å². The summed E-state index contributed by atoms with van der Waals surface area (Å²) in [6.07, 6.45) is -1.23. The van der Waals surface area contributed by atoms with Crippen molar-refractivity contribution in [3.8, 4) is 5.75 Å². The average molecular weight is 411 g/mol. The first-order valence-electron chi connectivity index (χ1n) is 8.36. The number of benzene rings is 2. The van der Waals surface area contributed by atoms with Gasteiger partial charge in [-0.2, -0.15) is 8.78 Å². The highest BCUT2D eigenvalue weighted by atomic mass is 32.2. The normalized spacial score (nSPS) is 12.9. The number of nitrogens with one attached hydrogen (secondary N) is 1. The van der Waals surface area contributed by atoms with Crippen LogP contribution < -0.4 is 10.1 Å². The minimum absolute atomic E-state index is 0.0168. The maximum atomic E-state index is 12.5. The van der Waals surface area contributed by atoms with Crippen LogP contribution in [0.1, 0.15) is 24.2 Å². The highest BCUT2D eigenvalue weighted by Gasteiger charge is 2.23. The van der Waals surface area contributed by atoms with E-state index in [0.717, 1.165) is 0 Å². The second-order valence-electron chi connectivity index (χ2n) is 5.54. The minimum Gasteiger partial charge on any atom is -0.449 e. The second kappa shape index (κ2) is 9.93. The molecule has 0 aliphatic carbocycles. The van der Waals surface area contributed by atoms with E-state index < -0.39 is 35.4 Å². The van der Waals surface area contributed by atoms with E-state index in [1.54, 1.807) is 25.1 Å². The van der Waals surface area contributed by atoms with Gasteiger partial charge in [0.05, 0.1) is 26.9 Å². The van der Waals surface area contributed by atoms with Gasteiger partial charge in [-0.25, -0.2) is 4.79 Å². The largest absolute Gasteiger partial charge is 0.449 e. The number of para-hydroxylation sites is 2. The lowest BCUT2D eigenvalue weighted by Gasteiger charge is -2.16. The fraction of sp³-hybridized carbons (Fsp3) is 0.263. The molecule has 0 bridgehead atoms. The third kappa shape index (κ3) is 5.59. The van der Waals surface area contributed by atoms with E-state index in [1.165, 1.54) is 37.3 Å². The van der Waals surface area contributed by atoms with E-state index in [1.807, 2.05) is 0 Å². The van der Waals surface area contributed by atoms with Gasteiger partial charge in [0.2, 0.25) is 0 Å². The molecule has 150 valence electrons. The Morgan fingerprint density at radius 3 is 2.43 bits per heavy atom. The lowest BCUT2D eigenvalue weighted by Crippen LogP contribution is -2.30. The Morgan fingerprint density at radius 1 is 1.11 bits per heavy atom. The van der Waals surface area contributed by atoms with Crippen molar-refractivity contribution in [2.75, 3.05) is 11.1 Å². The van der Waals surface area contributed by atoms with Crippen LogP contribution in [0.3, 0.4) is 0 Å². The summed E-state index contributed by atoms with van der Waals surface area (Å²) < 4.78 is 46.5. The topological polar surface area (TPSA) is 81.7 Å². The minimum atomic E-state index is -3.05. The molecule has 1 N–H and O–H groups in total. The monoisotopic (exact) mass is 411 g/mol. The molecule has 0 saturated carbocycles. The molecule has 0 aliphatic rings. The third-order valence-corrected chi connectivity index (χ3v) is 5.00. The number of amides is 1. The summed E-state index contributed by atoms with van der Waals surface area (Å²) >= 11 is 0. The lowest BCUT2D eigenvalue weighted by atomic mass is 10.2. The number of rotatable bonds is 8. The Bertz CT molecular complexity index is 875. The first-order valence-corrected chi connectivity index (χ1v) is 9.68. The van der Waals surface area contributed by atoms with Gasteiger partial charge in [-0.15, -0.1) is 0 Å². The van der Waals surface area contributed by atoms with Crippen LogP contribution in [0.5, 0.6) is 5.75 Å². The highest BCUT2D eigenvalue weighted by Crippen LogP contribution is 2.26. The van der Waals surface area contributed by atoms with Crippen molar-refractivity contribution >= 4 is 28.4 Å². The van der Waals surface area contributed by atoms with Gasteiger partial charge in [0.15, 0.2) is 6.10 Å². The quantitative estimate of drug-likeness (QED) is 0.672. The van der Waals surface area contributed by atoms with E-state index in [2.05, 4.69) is 10.1 Å². The van der Waals surface area contributed by atoms with Crippen molar-refractivity contribution < 1.29 is 32.1 Å². The Labute approximate surface area is 163 Å². The van der Waals surface area contributed by atoms with E-state index in [0.29, 0.717) is 10.6 Å². The Hall–Kier alpha value is -2.81. The van der Waals surface area contributed by atoms with Gasteiger partial charge in [-0.1, -0.05) is 31.2 Å². The van der Waals surface area contributed by atoms with Gasteiger partial charge >= 0.3 is 12.6 Å². The van der Waals surface area contributed by atoms with E-state index in [-0.39, 0.29) is 17.0 Å². The van der Waals surface area contributed by atoms with Gasteiger partial charge in [0.1, 0.15) is 5.75 Å². The number of esters is 1. The van der Waals surface area contributed by atoms with E-state index in [9.17, 15) is 22.6 Å². The van der Waals surface area contributed by atoms with Crippen molar-refractivity contribution in [2.24, 2.45) is 0 Å². The van der Waals surface area contributed by atoms with Gasteiger partial charge in [-0.3, -0.25) is 9.00 Å². The molecule has 2 atom stereocenters. The predicted molar refractivity (Wildman–Crippen MR) is 100.0 cm³/mol. The maximum absolute atomic E-state index is 12.5. The van der Waals surface area contributed by atoms with Gasteiger partial charge in [-0.05, 0) is 31.2 Å². The average Bonchev–Trinajstić information content (AvgIpc) is 2.68. The van der Waals surface area contributed by atoms with Crippen LogP contribution >= 0.6 is 0 Å². The standard InChI is InChI=1S/C19H19F2NO5S/c1-3-28(25)16-11-7-4-8-13(16)18(24)26-12(2)17(23)22-14-9-5-6-10-15(14)27-19(20)21/h4-12,19H,3H2,1-2H3,(H,22,23)/t12-,28+/m1/s1. The highest BCUT2D eigenvalue weighted by molar-refractivity contribution is 7.85. The molecule has 0 unspecified atom stereocenters. The molecule has 0 spiro atoms. The third-order valence-electron chi connectivity index (χ3n) is 3.63. The number of hydrogen-bond donors (Lipinski definition) is 1. The summed E-state index contributed by atoms with van der Waals surface area (Å²) in [7, 11) is -1.38. The molecule has 0 heterocycles. The van der Waals surface area contributed by atoms with Crippen LogP contribution in [-0.4, -0.2) is 34.6 Å². The SMILES string of the molecule is CC[S@](=O)c1ccccc1C(=O)O[C@H](C)C(=O)Nc1ccccc1OC(F)F. The molecular formula is C19H19F2NO5S. The molecular weight excluding hydrogens is 392 g/mol. The molecule has 9 heteroatoms. The van der Waals surface area contributed by atoms with Gasteiger partial charge in [0, 0.05) is 5.75 Å². The summed E-state index contributed by atoms with van der Waals surface area (Å²) in [6, 6.07) is 11.9. The molecule has 2 aromatic carbocycles. The fourth-order valence-corrected chi connectivity index (χ4v) is 3.21. The summed E-state index contributed by atoms with van der Waals surface area (Å²) in [4.78, 5) is 25.0. The molecule has 28 heavy (non-hydrogen) atoms. The van der Waals surface area contributed by atoms with Crippen LogP contribution in [0.4, 0.5) is 14.5 Å². The number of hydrogen-bond acceptors (Lipinski definition) is 5. The van der Waals surface area contributed by atoms with Crippen LogP contribution in [-0.2, 0) is 20.3 Å². The zero-order valence-corrected chi connectivity index (χ0v) is 16.0. The van der Waals surface area contributed by atoms with Crippen LogP contribution in [0, 0.1) is 0 Å². The fourth-order valence-electron chi connectivity index (χ4n) is 2.27. The first kappa shape index (κ1) is 21.5. The molecule has 0 aliphatic heterocycles. The summed E-state index contributed by atoms with van der Waals surface area (Å²) in [5.74, 6) is -1.43. The van der Waals surface area contributed by atoms with Crippen molar-refractivity contribution in [1.29, 1.82) is 0 Å². The zero-order valence-electron chi connectivity index (χ0n) is 15.2. The number of halogens is 2. The van der Waals surface area contributed by atoms with Crippen LogP contribution in [0.2, 0.25) is 0 Å². The molecule has 0 aromatic heterocycles. The molecule has 2 aromatic rings. The number of alkyl halides is 2. The van der Waals surface area contributed by atoms with Gasteiger partial charge in [0.25, 0.3) is 5.91 Å². The lowest BCUT2D eigenvalue weighted by molar-refractivity contribution is -0.123. The first-order chi connectivity index (χ1) is 13.3. The van der Waals surface area contributed by atoms with Crippen molar-refractivity contribution in [3.63, 3.8) is 0 Å².